The van der Waals surface area contributed by atoms with E-state index in [2.05, 4.69) is 241 Å². The van der Waals surface area contributed by atoms with Crippen LogP contribution in [0.5, 0.6) is 0 Å². The maximum absolute atomic E-state index is 2.44. The number of fused-ring (bicyclic) bond motifs is 6. The van der Waals surface area contributed by atoms with E-state index in [1.165, 1.54) is 117 Å². The molecule has 0 spiro atoms. The summed E-state index contributed by atoms with van der Waals surface area (Å²) in [7, 11) is 0. The van der Waals surface area contributed by atoms with E-state index in [4.69, 9.17) is 0 Å². The van der Waals surface area contributed by atoms with Gasteiger partial charge in [-0.3, -0.25) is 0 Å². The Hall–Kier alpha value is -8.00. The van der Waals surface area contributed by atoms with Gasteiger partial charge in [0.05, 0.1) is 11.0 Å². The summed E-state index contributed by atoms with van der Waals surface area (Å²) in [4.78, 5) is 0. The molecule has 1 aliphatic carbocycles. The number of hydrogen-bond acceptors (Lipinski definition) is 0. The Bertz CT molecular complexity index is 3480. The molecule has 0 aliphatic heterocycles. The van der Waals surface area contributed by atoms with E-state index in [0.29, 0.717) is 0 Å². The van der Waals surface area contributed by atoms with Crippen LogP contribution in [0.1, 0.15) is 11.1 Å². The predicted octanol–water partition coefficient (Wildman–Crippen LogP) is 16.4. The molecule has 0 bridgehead atoms. The quantitative estimate of drug-likeness (QED) is 0.152. The first-order valence-electron chi connectivity index (χ1n) is 21.5. The van der Waals surface area contributed by atoms with Crippen LogP contribution in [0, 0.1) is 0 Å². The minimum atomic E-state index is 0.950. The van der Waals surface area contributed by atoms with Gasteiger partial charge in [0.2, 0.25) is 0 Å². The van der Waals surface area contributed by atoms with Crippen molar-refractivity contribution in [3.05, 3.63) is 248 Å². The Morgan fingerprint density at radius 2 is 0.629 bits per heavy atom. The van der Waals surface area contributed by atoms with Gasteiger partial charge in [0.15, 0.2) is 0 Å². The molecule has 1 aromatic heterocycles. The minimum Gasteiger partial charge on any atom is -0.309 e. The van der Waals surface area contributed by atoms with Crippen molar-refractivity contribution in [1.29, 1.82) is 0 Å². The summed E-state index contributed by atoms with van der Waals surface area (Å²) in [6.45, 7) is 0. The summed E-state index contributed by atoms with van der Waals surface area (Å²) in [5.74, 6) is 0. The molecule has 0 fully saturated rings. The predicted molar refractivity (Wildman–Crippen MR) is 262 cm³/mol. The zero-order valence-corrected chi connectivity index (χ0v) is 34.2. The van der Waals surface area contributed by atoms with Crippen LogP contribution in [0.15, 0.2) is 237 Å². The van der Waals surface area contributed by atoms with Gasteiger partial charge in [-0.15, -0.1) is 0 Å². The molecule has 1 nitrogen and oxygen atoms in total. The van der Waals surface area contributed by atoms with E-state index in [-0.39, 0.29) is 0 Å². The Labute approximate surface area is 362 Å². The molecular weight excluding hydrogens is 747 g/mol. The van der Waals surface area contributed by atoms with Crippen molar-refractivity contribution in [3.63, 3.8) is 0 Å². The monoisotopic (exact) mass is 787 g/mol. The SMILES string of the molecule is c1ccc(-c2cccc(-c3cccc(-c4cccc(-c5cccc(-c6ccc7c(c6)-c6cc(-n8c9ccccc9c9cc(-c%10ccccc%10)ccc98)ccc6C7)c5)c4)c3)c2)cc1. The first kappa shape index (κ1) is 35.9. The molecule has 1 aliphatic rings. The van der Waals surface area contributed by atoms with Gasteiger partial charge < -0.3 is 4.57 Å². The molecule has 0 radical (unpaired) electrons. The Balaban J connectivity index is 0.866. The fraction of sp³-hybridized carbons (Fsp3) is 0.0164. The molecule has 0 unspecified atom stereocenters. The number of hydrogen-bond donors (Lipinski definition) is 0. The van der Waals surface area contributed by atoms with E-state index >= 15 is 0 Å². The zero-order valence-electron chi connectivity index (χ0n) is 34.2. The first-order valence-corrected chi connectivity index (χ1v) is 21.5. The third-order valence-electron chi connectivity index (χ3n) is 12.8. The van der Waals surface area contributed by atoms with Crippen LogP contribution in [0.25, 0.3) is 105 Å². The molecule has 10 aromatic carbocycles. The molecule has 0 saturated heterocycles. The topological polar surface area (TPSA) is 4.93 Å². The number of para-hydroxylation sites is 1. The fourth-order valence-corrected chi connectivity index (χ4v) is 9.68. The third kappa shape index (κ3) is 6.35. The maximum Gasteiger partial charge on any atom is 0.0541 e. The maximum atomic E-state index is 2.44. The molecular formula is C61H41N. The van der Waals surface area contributed by atoms with Gasteiger partial charge in [0.25, 0.3) is 0 Å². The van der Waals surface area contributed by atoms with Crippen LogP contribution in [0.2, 0.25) is 0 Å². The highest BCUT2D eigenvalue weighted by atomic mass is 15.0. The molecule has 0 saturated carbocycles. The lowest BCUT2D eigenvalue weighted by Crippen LogP contribution is -1.95. The lowest BCUT2D eigenvalue weighted by atomic mass is 9.93. The van der Waals surface area contributed by atoms with Crippen LogP contribution in [0.3, 0.4) is 0 Å². The highest BCUT2D eigenvalue weighted by molar-refractivity contribution is 6.10. The molecule has 1 heterocycles. The van der Waals surface area contributed by atoms with Gasteiger partial charge in [-0.05, 0) is 156 Å². The normalized spacial score (nSPS) is 11.8. The third-order valence-corrected chi connectivity index (χ3v) is 12.8. The molecule has 290 valence electrons. The van der Waals surface area contributed by atoms with Gasteiger partial charge >= 0.3 is 0 Å². The molecule has 0 N–H and O–H groups in total. The van der Waals surface area contributed by atoms with E-state index in [9.17, 15) is 0 Å². The molecule has 1 heteroatoms. The number of benzene rings is 10. The average Bonchev–Trinajstić information content (AvgIpc) is 3.89. The van der Waals surface area contributed by atoms with Gasteiger partial charge in [0, 0.05) is 16.5 Å². The molecule has 11 aromatic rings. The zero-order chi connectivity index (χ0) is 41.0. The van der Waals surface area contributed by atoms with Gasteiger partial charge in [-0.2, -0.15) is 0 Å². The Kier molecular flexibility index (Phi) is 8.64. The summed E-state index contributed by atoms with van der Waals surface area (Å²) in [6.07, 6.45) is 0.950. The van der Waals surface area contributed by atoms with Crippen LogP contribution in [-0.4, -0.2) is 4.57 Å². The van der Waals surface area contributed by atoms with Crippen LogP contribution >= 0.6 is 0 Å². The highest BCUT2D eigenvalue weighted by Gasteiger charge is 2.22. The second-order valence-corrected chi connectivity index (χ2v) is 16.5. The number of aromatic nitrogens is 1. The summed E-state index contributed by atoms with van der Waals surface area (Å²) in [5, 5.41) is 2.54. The summed E-state index contributed by atoms with van der Waals surface area (Å²) in [6, 6.07) is 86.9. The highest BCUT2D eigenvalue weighted by Crippen LogP contribution is 2.43. The van der Waals surface area contributed by atoms with Crippen molar-refractivity contribution in [1.82, 2.24) is 4.57 Å². The number of nitrogens with zero attached hydrogens (tertiary/aromatic N) is 1. The van der Waals surface area contributed by atoms with E-state index in [0.717, 1.165) is 6.42 Å². The van der Waals surface area contributed by atoms with Crippen LogP contribution in [0.4, 0.5) is 0 Å². The molecule has 62 heavy (non-hydrogen) atoms. The van der Waals surface area contributed by atoms with Crippen molar-refractivity contribution in [2.45, 2.75) is 6.42 Å². The Morgan fingerprint density at radius 3 is 1.18 bits per heavy atom. The summed E-state index contributed by atoms with van der Waals surface area (Å²) >= 11 is 0. The second kappa shape index (κ2) is 14.9. The fourth-order valence-electron chi connectivity index (χ4n) is 9.68. The molecule has 12 rings (SSSR count). The van der Waals surface area contributed by atoms with Crippen molar-refractivity contribution in [2.75, 3.05) is 0 Å². The van der Waals surface area contributed by atoms with Crippen molar-refractivity contribution in [3.8, 4) is 83.6 Å². The standard InChI is InChI=1S/C61H41N/c1-3-13-41(14-4-1)43-17-9-18-44(33-43)45-19-10-20-46(34-45)47-21-11-22-48(35-47)49-23-12-24-50(36-49)52-27-28-53-37-54-29-31-55(40-58(54)57(53)38-52)62-60-26-8-7-25-56(60)59-39-51(30-32-61(59)62)42-15-5-2-6-16-42/h1-36,38-40H,37H2. The van der Waals surface area contributed by atoms with Gasteiger partial charge in [0.1, 0.15) is 0 Å². The number of rotatable bonds is 7. The van der Waals surface area contributed by atoms with Crippen LogP contribution in [-0.2, 0) is 6.42 Å². The van der Waals surface area contributed by atoms with Crippen molar-refractivity contribution >= 4 is 21.8 Å². The average molecular weight is 788 g/mol. The summed E-state index contributed by atoms with van der Waals surface area (Å²) in [5.41, 5.74) is 23.7. The van der Waals surface area contributed by atoms with E-state index in [1.54, 1.807) is 0 Å². The van der Waals surface area contributed by atoms with Gasteiger partial charge in [-0.1, -0.05) is 176 Å². The van der Waals surface area contributed by atoms with E-state index in [1.807, 2.05) is 0 Å². The van der Waals surface area contributed by atoms with Gasteiger partial charge in [-0.25, -0.2) is 0 Å². The minimum absolute atomic E-state index is 0.950. The summed E-state index contributed by atoms with van der Waals surface area (Å²) < 4.78 is 2.44. The van der Waals surface area contributed by atoms with E-state index < -0.39 is 0 Å². The molecule has 0 atom stereocenters. The Morgan fingerprint density at radius 1 is 0.242 bits per heavy atom. The lowest BCUT2D eigenvalue weighted by Gasteiger charge is -2.12. The van der Waals surface area contributed by atoms with Crippen LogP contribution < -0.4 is 0 Å². The smallest absolute Gasteiger partial charge is 0.0541 e. The second-order valence-electron chi connectivity index (χ2n) is 16.5. The first-order chi connectivity index (χ1) is 30.7. The van der Waals surface area contributed by atoms with Crippen molar-refractivity contribution in [2.24, 2.45) is 0 Å². The molecule has 0 amide bonds. The lowest BCUT2D eigenvalue weighted by molar-refractivity contribution is 1.17. The van der Waals surface area contributed by atoms with Crippen molar-refractivity contribution < 1.29 is 0 Å². The largest absolute Gasteiger partial charge is 0.309 e.